The van der Waals surface area contributed by atoms with Crippen LogP contribution in [0.5, 0.6) is 0 Å². The molecule has 1 aromatic heterocycles. The minimum Gasteiger partial charge on any atom is -0.351 e. The fraction of sp³-hybridized carbons (Fsp3) is 0.417. The Labute approximate surface area is 105 Å². The fourth-order valence-corrected chi connectivity index (χ4v) is 1.98. The SMILES string of the molecule is Cc1cc(C(=O)CN2C(=O)CNC2=O)c(C)n1C. The molecule has 0 atom stereocenters. The predicted molar refractivity (Wildman–Crippen MR) is 64.3 cm³/mol. The molecule has 0 bridgehead atoms. The third-order valence-corrected chi connectivity index (χ3v) is 3.31. The molecule has 0 aliphatic carbocycles. The van der Waals surface area contributed by atoms with Gasteiger partial charge in [-0.05, 0) is 19.9 Å². The van der Waals surface area contributed by atoms with Crippen LogP contribution in [0.4, 0.5) is 4.79 Å². The van der Waals surface area contributed by atoms with Gasteiger partial charge in [-0.3, -0.25) is 14.5 Å². The number of hydrogen-bond acceptors (Lipinski definition) is 3. The van der Waals surface area contributed by atoms with Crippen LogP contribution in [0.1, 0.15) is 21.7 Å². The van der Waals surface area contributed by atoms with Crippen LogP contribution >= 0.6 is 0 Å². The molecule has 1 aliphatic rings. The van der Waals surface area contributed by atoms with Crippen LogP contribution in [0, 0.1) is 13.8 Å². The quantitative estimate of drug-likeness (QED) is 0.621. The topological polar surface area (TPSA) is 71.4 Å². The van der Waals surface area contributed by atoms with Crippen LogP contribution in [0.15, 0.2) is 6.07 Å². The largest absolute Gasteiger partial charge is 0.351 e. The van der Waals surface area contributed by atoms with Crippen molar-refractivity contribution in [1.82, 2.24) is 14.8 Å². The Morgan fingerprint density at radius 1 is 1.39 bits per heavy atom. The van der Waals surface area contributed by atoms with Crippen molar-refractivity contribution in [3.05, 3.63) is 23.0 Å². The Morgan fingerprint density at radius 2 is 2.06 bits per heavy atom. The minimum absolute atomic E-state index is 0.0289. The number of aryl methyl sites for hydroxylation is 1. The lowest BCUT2D eigenvalue weighted by Crippen LogP contribution is -2.35. The van der Waals surface area contributed by atoms with E-state index in [2.05, 4.69) is 5.32 Å². The van der Waals surface area contributed by atoms with Gasteiger partial charge in [-0.25, -0.2) is 4.79 Å². The van der Waals surface area contributed by atoms with Crippen molar-refractivity contribution in [2.45, 2.75) is 13.8 Å². The molecule has 0 saturated carbocycles. The van der Waals surface area contributed by atoms with Crippen LogP contribution in [-0.4, -0.2) is 40.3 Å². The Kier molecular flexibility index (Phi) is 2.94. The maximum Gasteiger partial charge on any atom is 0.325 e. The van der Waals surface area contributed by atoms with Gasteiger partial charge >= 0.3 is 6.03 Å². The zero-order valence-corrected chi connectivity index (χ0v) is 10.6. The van der Waals surface area contributed by atoms with Crippen LogP contribution in [-0.2, 0) is 11.8 Å². The van der Waals surface area contributed by atoms with E-state index in [0.717, 1.165) is 16.3 Å². The molecule has 1 aliphatic heterocycles. The standard InChI is InChI=1S/C12H15N3O3/c1-7-4-9(8(2)14(7)3)10(16)6-15-11(17)5-13-12(15)18/h4H,5-6H2,1-3H3,(H,13,18). The number of ketones is 1. The maximum absolute atomic E-state index is 12.1. The normalized spacial score (nSPS) is 15.2. The van der Waals surface area contributed by atoms with E-state index in [0.29, 0.717) is 5.56 Å². The summed E-state index contributed by atoms with van der Waals surface area (Å²) in [5.74, 6) is -0.583. The second-order valence-electron chi connectivity index (χ2n) is 4.41. The Morgan fingerprint density at radius 3 is 2.50 bits per heavy atom. The van der Waals surface area contributed by atoms with E-state index in [4.69, 9.17) is 0 Å². The summed E-state index contributed by atoms with van der Waals surface area (Å²) in [7, 11) is 1.87. The average molecular weight is 249 g/mol. The van der Waals surface area contributed by atoms with Gasteiger partial charge in [0.25, 0.3) is 0 Å². The number of carbonyl (C=O) groups is 3. The molecular weight excluding hydrogens is 234 g/mol. The summed E-state index contributed by atoms with van der Waals surface area (Å²) in [6.07, 6.45) is 0. The summed E-state index contributed by atoms with van der Waals surface area (Å²) in [5.41, 5.74) is 2.36. The molecule has 6 heteroatoms. The first-order valence-electron chi connectivity index (χ1n) is 5.66. The van der Waals surface area contributed by atoms with E-state index in [9.17, 15) is 14.4 Å². The number of amides is 3. The summed E-state index contributed by atoms with van der Waals surface area (Å²) >= 11 is 0. The number of Topliss-reactive ketones (excluding diaryl/α,β-unsaturated/α-hetero) is 1. The first-order chi connectivity index (χ1) is 8.41. The average Bonchev–Trinajstić information content (AvgIpc) is 2.77. The molecule has 1 saturated heterocycles. The lowest BCUT2D eigenvalue weighted by Gasteiger charge is -2.11. The zero-order valence-electron chi connectivity index (χ0n) is 10.6. The molecule has 96 valence electrons. The van der Waals surface area contributed by atoms with E-state index < -0.39 is 6.03 Å². The molecule has 6 nitrogen and oxygen atoms in total. The highest BCUT2D eigenvalue weighted by Gasteiger charge is 2.31. The highest BCUT2D eigenvalue weighted by molar-refractivity contribution is 6.08. The monoisotopic (exact) mass is 249 g/mol. The lowest BCUT2D eigenvalue weighted by atomic mass is 10.1. The summed E-state index contributed by atoms with van der Waals surface area (Å²) in [5, 5.41) is 2.39. The van der Waals surface area contributed by atoms with Gasteiger partial charge in [0.1, 0.15) is 0 Å². The van der Waals surface area contributed by atoms with Gasteiger partial charge in [0.05, 0.1) is 13.1 Å². The van der Waals surface area contributed by atoms with Crippen LogP contribution in [0.2, 0.25) is 0 Å². The number of urea groups is 1. The van der Waals surface area contributed by atoms with Crippen LogP contribution in [0.3, 0.4) is 0 Å². The van der Waals surface area contributed by atoms with Gasteiger partial charge in [0.2, 0.25) is 5.91 Å². The third kappa shape index (κ3) is 1.90. The van der Waals surface area contributed by atoms with Crippen molar-refractivity contribution in [3.8, 4) is 0 Å². The number of hydrogen-bond donors (Lipinski definition) is 1. The van der Waals surface area contributed by atoms with Gasteiger partial charge in [-0.1, -0.05) is 0 Å². The molecule has 1 fully saturated rings. The Bertz CT molecular complexity index is 529. The molecular formula is C12H15N3O3. The molecule has 0 aromatic carbocycles. The molecule has 3 amide bonds. The van der Waals surface area contributed by atoms with E-state index >= 15 is 0 Å². The second kappa shape index (κ2) is 4.29. The van der Waals surface area contributed by atoms with Crippen LogP contribution in [0.25, 0.3) is 0 Å². The van der Waals surface area contributed by atoms with Crippen LogP contribution < -0.4 is 5.32 Å². The van der Waals surface area contributed by atoms with Crippen molar-refractivity contribution in [3.63, 3.8) is 0 Å². The molecule has 2 rings (SSSR count). The van der Waals surface area contributed by atoms with Crippen molar-refractivity contribution in [2.75, 3.05) is 13.1 Å². The predicted octanol–water partition coefficient (Wildman–Crippen LogP) is 0.376. The van der Waals surface area contributed by atoms with Crippen molar-refractivity contribution >= 4 is 17.7 Å². The molecule has 1 N–H and O–H groups in total. The molecule has 18 heavy (non-hydrogen) atoms. The molecule has 2 heterocycles. The number of imide groups is 1. The van der Waals surface area contributed by atoms with E-state index in [1.807, 2.05) is 25.5 Å². The minimum atomic E-state index is -0.501. The van der Waals surface area contributed by atoms with Gasteiger partial charge in [0.15, 0.2) is 5.78 Å². The van der Waals surface area contributed by atoms with Gasteiger partial charge < -0.3 is 9.88 Å². The van der Waals surface area contributed by atoms with E-state index in [-0.39, 0.29) is 24.8 Å². The van der Waals surface area contributed by atoms with Crippen molar-refractivity contribution in [1.29, 1.82) is 0 Å². The molecule has 0 radical (unpaired) electrons. The number of rotatable bonds is 3. The smallest absolute Gasteiger partial charge is 0.325 e. The third-order valence-electron chi connectivity index (χ3n) is 3.31. The van der Waals surface area contributed by atoms with Gasteiger partial charge in [0, 0.05) is 24.0 Å². The summed E-state index contributed by atoms with van der Waals surface area (Å²) in [4.78, 5) is 35.8. The summed E-state index contributed by atoms with van der Waals surface area (Å²) < 4.78 is 1.90. The molecule has 0 spiro atoms. The summed E-state index contributed by atoms with van der Waals surface area (Å²) in [6.45, 7) is 3.51. The zero-order chi connectivity index (χ0) is 13.4. The Hall–Kier alpha value is -2.11. The fourth-order valence-electron chi connectivity index (χ4n) is 1.98. The number of nitrogens with zero attached hydrogens (tertiary/aromatic N) is 2. The maximum atomic E-state index is 12.1. The Balaban J connectivity index is 2.20. The lowest BCUT2D eigenvalue weighted by molar-refractivity contribution is -0.124. The molecule has 0 unspecified atom stereocenters. The van der Waals surface area contributed by atoms with Crippen molar-refractivity contribution in [2.24, 2.45) is 7.05 Å². The summed E-state index contributed by atoms with van der Waals surface area (Å²) in [6, 6.07) is 1.27. The second-order valence-corrected chi connectivity index (χ2v) is 4.41. The highest BCUT2D eigenvalue weighted by atomic mass is 16.2. The van der Waals surface area contributed by atoms with E-state index in [1.54, 1.807) is 6.07 Å². The highest BCUT2D eigenvalue weighted by Crippen LogP contribution is 2.15. The first kappa shape index (κ1) is 12.3. The number of aromatic nitrogens is 1. The van der Waals surface area contributed by atoms with Gasteiger partial charge in [-0.2, -0.15) is 0 Å². The number of nitrogens with one attached hydrogen (secondary N) is 1. The van der Waals surface area contributed by atoms with Gasteiger partial charge in [-0.15, -0.1) is 0 Å². The van der Waals surface area contributed by atoms with Crippen molar-refractivity contribution < 1.29 is 14.4 Å². The molecule has 1 aromatic rings. The van der Waals surface area contributed by atoms with E-state index in [1.165, 1.54) is 0 Å². The first-order valence-corrected chi connectivity index (χ1v) is 5.66. The number of carbonyl (C=O) groups excluding carboxylic acids is 3.